The quantitative estimate of drug-likeness (QED) is 0.926. The number of piperidine rings is 1. The summed E-state index contributed by atoms with van der Waals surface area (Å²) in [6, 6.07) is 3.79. The van der Waals surface area contributed by atoms with Gasteiger partial charge in [-0.1, -0.05) is 6.07 Å². The van der Waals surface area contributed by atoms with E-state index in [-0.39, 0.29) is 17.9 Å². The Bertz CT molecular complexity index is 503. The predicted molar refractivity (Wildman–Crippen MR) is 78.1 cm³/mol. The molecule has 116 valence electrons. The number of carbonyl (C=O) groups excluding carboxylic acids is 1. The lowest BCUT2D eigenvalue weighted by atomic mass is 9.86. The van der Waals surface area contributed by atoms with Crippen LogP contribution in [-0.4, -0.2) is 36.5 Å². The van der Waals surface area contributed by atoms with Crippen molar-refractivity contribution in [3.63, 3.8) is 0 Å². The standard InChI is InChI=1S/C16H22F2N2O/c1-3-20(4-2)16(21)15-10-12(7-8-19-15)11-5-6-13(17)14(18)9-11/h5-6,9,12,15,19H,3-4,7-8,10H2,1-2H3. The number of carbonyl (C=O) groups is 1. The van der Waals surface area contributed by atoms with Gasteiger partial charge in [-0.2, -0.15) is 0 Å². The van der Waals surface area contributed by atoms with E-state index in [2.05, 4.69) is 5.32 Å². The minimum absolute atomic E-state index is 0.0888. The van der Waals surface area contributed by atoms with Crippen molar-refractivity contribution >= 4 is 5.91 Å². The third kappa shape index (κ3) is 3.59. The van der Waals surface area contributed by atoms with Gasteiger partial charge in [-0.3, -0.25) is 4.79 Å². The molecule has 2 atom stereocenters. The lowest BCUT2D eigenvalue weighted by Crippen LogP contribution is -2.49. The van der Waals surface area contributed by atoms with E-state index in [1.54, 1.807) is 11.0 Å². The summed E-state index contributed by atoms with van der Waals surface area (Å²) in [5.74, 6) is -1.47. The molecule has 2 unspecified atom stereocenters. The van der Waals surface area contributed by atoms with Crippen LogP contribution in [0.5, 0.6) is 0 Å². The van der Waals surface area contributed by atoms with Crippen molar-refractivity contribution in [2.24, 2.45) is 0 Å². The molecule has 1 aromatic carbocycles. The molecule has 2 rings (SSSR count). The molecule has 0 aliphatic carbocycles. The van der Waals surface area contributed by atoms with E-state index in [1.807, 2.05) is 13.8 Å². The average Bonchev–Trinajstić information content (AvgIpc) is 2.51. The second-order valence-corrected chi connectivity index (χ2v) is 5.41. The monoisotopic (exact) mass is 296 g/mol. The molecule has 21 heavy (non-hydrogen) atoms. The fourth-order valence-electron chi connectivity index (χ4n) is 2.93. The van der Waals surface area contributed by atoms with Crippen molar-refractivity contribution in [2.45, 2.75) is 38.6 Å². The maximum atomic E-state index is 13.4. The van der Waals surface area contributed by atoms with E-state index in [1.165, 1.54) is 6.07 Å². The topological polar surface area (TPSA) is 32.3 Å². The number of halogens is 2. The first kappa shape index (κ1) is 15.9. The minimum atomic E-state index is -0.830. The largest absolute Gasteiger partial charge is 0.342 e. The SMILES string of the molecule is CCN(CC)C(=O)C1CC(c2ccc(F)c(F)c2)CCN1. The molecule has 0 aromatic heterocycles. The van der Waals surface area contributed by atoms with E-state index in [0.717, 1.165) is 18.1 Å². The molecule has 1 aliphatic heterocycles. The van der Waals surface area contributed by atoms with Crippen LogP contribution in [0.2, 0.25) is 0 Å². The van der Waals surface area contributed by atoms with Crippen LogP contribution in [0, 0.1) is 11.6 Å². The fraction of sp³-hybridized carbons (Fsp3) is 0.562. The van der Waals surface area contributed by atoms with Gasteiger partial charge in [0.25, 0.3) is 0 Å². The fourth-order valence-corrected chi connectivity index (χ4v) is 2.93. The molecule has 1 aromatic rings. The Labute approximate surface area is 124 Å². The highest BCUT2D eigenvalue weighted by Gasteiger charge is 2.30. The zero-order valence-corrected chi connectivity index (χ0v) is 12.5. The van der Waals surface area contributed by atoms with Gasteiger partial charge in [0.05, 0.1) is 6.04 Å². The lowest BCUT2D eigenvalue weighted by molar-refractivity contribution is -0.133. The second kappa shape index (κ2) is 6.98. The Morgan fingerprint density at radius 1 is 1.29 bits per heavy atom. The first-order valence-corrected chi connectivity index (χ1v) is 7.53. The maximum absolute atomic E-state index is 13.4. The van der Waals surface area contributed by atoms with Crippen LogP contribution in [0.3, 0.4) is 0 Å². The number of nitrogens with one attached hydrogen (secondary N) is 1. The van der Waals surface area contributed by atoms with Crippen LogP contribution in [0.15, 0.2) is 18.2 Å². The summed E-state index contributed by atoms with van der Waals surface area (Å²) in [5.41, 5.74) is 0.771. The molecular weight excluding hydrogens is 274 g/mol. The van der Waals surface area contributed by atoms with Gasteiger partial charge in [0.15, 0.2) is 11.6 Å². The zero-order valence-electron chi connectivity index (χ0n) is 12.5. The van der Waals surface area contributed by atoms with E-state index < -0.39 is 11.6 Å². The van der Waals surface area contributed by atoms with Gasteiger partial charge in [0, 0.05) is 13.1 Å². The average molecular weight is 296 g/mol. The van der Waals surface area contributed by atoms with Gasteiger partial charge in [-0.15, -0.1) is 0 Å². The molecule has 1 fully saturated rings. The number of hydrogen-bond acceptors (Lipinski definition) is 2. The van der Waals surface area contributed by atoms with Gasteiger partial charge in [0.2, 0.25) is 5.91 Å². The molecule has 0 saturated carbocycles. The van der Waals surface area contributed by atoms with Crippen LogP contribution >= 0.6 is 0 Å². The Balaban J connectivity index is 2.09. The second-order valence-electron chi connectivity index (χ2n) is 5.41. The summed E-state index contributed by atoms with van der Waals surface area (Å²) in [6.07, 6.45) is 1.45. The maximum Gasteiger partial charge on any atom is 0.239 e. The summed E-state index contributed by atoms with van der Waals surface area (Å²) in [4.78, 5) is 14.2. The molecule has 3 nitrogen and oxygen atoms in total. The molecule has 0 spiro atoms. The smallest absolute Gasteiger partial charge is 0.239 e. The highest BCUT2D eigenvalue weighted by Crippen LogP contribution is 2.29. The molecule has 5 heteroatoms. The van der Waals surface area contributed by atoms with Gasteiger partial charge < -0.3 is 10.2 Å². The van der Waals surface area contributed by atoms with Crippen molar-refractivity contribution in [1.82, 2.24) is 10.2 Å². The number of amides is 1. The molecule has 1 heterocycles. The Kier molecular flexibility index (Phi) is 5.28. The van der Waals surface area contributed by atoms with Gasteiger partial charge in [-0.25, -0.2) is 8.78 Å². The summed E-state index contributed by atoms with van der Waals surface area (Å²) in [7, 11) is 0. The number of nitrogens with zero attached hydrogens (tertiary/aromatic N) is 1. The first-order valence-electron chi connectivity index (χ1n) is 7.53. The van der Waals surface area contributed by atoms with E-state index >= 15 is 0 Å². The first-order chi connectivity index (χ1) is 10.1. The van der Waals surface area contributed by atoms with Crippen molar-refractivity contribution in [2.75, 3.05) is 19.6 Å². The summed E-state index contributed by atoms with van der Waals surface area (Å²) in [6.45, 7) is 5.99. The van der Waals surface area contributed by atoms with Gasteiger partial charge in [-0.05, 0) is 56.8 Å². The summed E-state index contributed by atoms with van der Waals surface area (Å²) < 4.78 is 26.4. The van der Waals surface area contributed by atoms with Crippen molar-refractivity contribution in [3.8, 4) is 0 Å². The van der Waals surface area contributed by atoms with Crippen molar-refractivity contribution in [3.05, 3.63) is 35.4 Å². The highest BCUT2D eigenvalue weighted by atomic mass is 19.2. The van der Waals surface area contributed by atoms with Gasteiger partial charge in [0.1, 0.15) is 0 Å². The highest BCUT2D eigenvalue weighted by molar-refractivity contribution is 5.82. The zero-order chi connectivity index (χ0) is 15.4. The van der Waals surface area contributed by atoms with Crippen LogP contribution < -0.4 is 5.32 Å². The molecule has 1 aliphatic rings. The summed E-state index contributed by atoms with van der Waals surface area (Å²) >= 11 is 0. The molecule has 0 bridgehead atoms. The molecule has 1 N–H and O–H groups in total. The number of rotatable bonds is 4. The number of benzene rings is 1. The molecule has 1 saturated heterocycles. The van der Waals surface area contributed by atoms with E-state index in [4.69, 9.17) is 0 Å². The Hall–Kier alpha value is -1.49. The Morgan fingerprint density at radius 2 is 2.00 bits per heavy atom. The van der Waals surface area contributed by atoms with Crippen molar-refractivity contribution in [1.29, 1.82) is 0 Å². The normalized spacial score (nSPS) is 22.1. The molecule has 0 radical (unpaired) electrons. The third-order valence-corrected chi connectivity index (χ3v) is 4.19. The minimum Gasteiger partial charge on any atom is -0.342 e. The number of likely N-dealkylation sites (N-methyl/N-ethyl adjacent to an activating group) is 1. The van der Waals surface area contributed by atoms with Crippen LogP contribution in [0.25, 0.3) is 0 Å². The lowest BCUT2D eigenvalue weighted by Gasteiger charge is -2.33. The van der Waals surface area contributed by atoms with Gasteiger partial charge >= 0.3 is 0 Å². The van der Waals surface area contributed by atoms with Crippen LogP contribution in [0.4, 0.5) is 8.78 Å². The van der Waals surface area contributed by atoms with E-state index in [9.17, 15) is 13.6 Å². The third-order valence-electron chi connectivity index (χ3n) is 4.19. The summed E-state index contributed by atoms with van der Waals surface area (Å²) in [5, 5.41) is 3.23. The number of hydrogen-bond donors (Lipinski definition) is 1. The van der Waals surface area contributed by atoms with Crippen LogP contribution in [-0.2, 0) is 4.79 Å². The van der Waals surface area contributed by atoms with Crippen molar-refractivity contribution < 1.29 is 13.6 Å². The van der Waals surface area contributed by atoms with E-state index in [0.29, 0.717) is 26.1 Å². The molecule has 1 amide bonds. The predicted octanol–water partition coefficient (Wildman–Crippen LogP) is 2.67. The Morgan fingerprint density at radius 3 is 2.62 bits per heavy atom. The van der Waals surface area contributed by atoms with Crippen LogP contribution in [0.1, 0.15) is 38.2 Å². The molecular formula is C16H22F2N2O.